The highest BCUT2D eigenvalue weighted by Crippen LogP contribution is 2.30. The molecule has 0 aliphatic carbocycles. The monoisotopic (exact) mass is 305 g/mol. The lowest BCUT2D eigenvalue weighted by Crippen LogP contribution is -2.35. The van der Waals surface area contributed by atoms with E-state index >= 15 is 0 Å². The quantitative estimate of drug-likeness (QED) is 0.590. The van der Waals surface area contributed by atoms with Gasteiger partial charge in [0.2, 0.25) is 5.91 Å². The minimum absolute atomic E-state index is 0.0957. The smallest absolute Gasteiger partial charge is 0.248 e. The van der Waals surface area contributed by atoms with E-state index in [2.05, 4.69) is 11.9 Å². The summed E-state index contributed by atoms with van der Waals surface area (Å²) in [5.74, 6) is 1.46. The number of ether oxygens (including phenoxy) is 3. The highest BCUT2D eigenvalue weighted by atomic mass is 16.6. The molecule has 1 unspecified atom stereocenters. The van der Waals surface area contributed by atoms with Gasteiger partial charge < -0.3 is 19.5 Å². The van der Waals surface area contributed by atoms with Gasteiger partial charge in [-0.15, -0.1) is 6.58 Å². The van der Waals surface area contributed by atoms with E-state index in [4.69, 9.17) is 14.2 Å². The van der Waals surface area contributed by atoms with Crippen LogP contribution in [0.15, 0.2) is 30.9 Å². The number of hydrogen-bond acceptors (Lipinski definition) is 4. The number of fused-ring (bicyclic) bond motifs is 1. The Morgan fingerprint density at radius 3 is 2.95 bits per heavy atom. The van der Waals surface area contributed by atoms with Gasteiger partial charge in [0.05, 0.1) is 6.61 Å². The second-order valence-electron chi connectivity index (χ2n) is 5.11. The van der Waals surface area contributed by atoms with E-state index < -0.39 is 6.10 Å². The molecule has 1 aromatic carbocycles. The second kappa shape index (κ2) is 8.44. The van der Waals surface area contributed by atoms with Crippen LogP contribution >= 0.6 is 0 Å². The molecule has 0 fully saturated rings. The van der Waals surface area contributed by atoms with Crippen molar-refractivity contribution in [1.29, 1.82) is 0 Å². The Balaban J connectivity index is 1.73. The predicted molar refractivity (Wildman–Crippen MR) is 84.4 cm³/mol. The van der Waals surface area contributed by atoms with Crippen molar-refractivity contribution in [2.45, 2.75) is 25.9 Å². The van der Waals surface area contributed by atoms with Crippen LogP contribution < -0.4 is 14.8 Å². The fourth-order valence-electron chi connectivity index (χ4n) is 2.12. The summed E-state index contributed by atoms with van der Waals surface area (Å²) in [4.78, 5) is 11.9. The number of rotatable bonds is 8. The van der Waals surface area contributed by atoms with Crippen LogP contribution in [0.4, 0.5) is 0 Å². The fourth-order valence-corrected chi connectivity index (χ4v) is 2.12. The molecule has 120 valence electrons. The lowest BCUT2D eigenvalue weighted by molar-refractivity contribution is -0.131. The van der Waals surface area contributed by atoms with Gasteiger partial charge in [0, 0.05) is 6.54 Å². The summed E-state index contributed by atoms with van der Waals surface area (Å²) in [5, 5.41) is 2.88. The molecule has 1 amide bonds. The van der Waals surface area contributed by atoms with E-state index in [1.54, 1.807) is 13.0 Å². The fraction of sp³-hybridized carbons (Fsp3) is 0.471. The third kappa shape index (κ3) is 4.77. The molecule has 22 heavy (non-hydrogen) atoms. The van der Waals surface area contributed by atoms with Gasteiger partial charge in [0.25, 0.3) is 0 Å². The van der Waals surface area contributed by atoms with Crippen LogP contribution in [0.2, 0.25) is 0 Å². The molecule has 0 saturated heterocycles. The summed E-state index contributed by atoms with van der Waals surface area (Å²) in [5.41, 5.74) is 1.10. The van der Waals surface area contributed by atoms with Crippen molar-refractivity contribution in [3.63, 3.8) is 0 Å². The molecular formula is C17H23NO4. The third-order valence-corrected chi connectivity index (χ3v) is 3.38. The van der Waals surface area contributed by atoms with Gasteiger partial charge in [0.1, 0.15) is 19.3 Å². The maximum atomic E-state index is 11.9. The Morgan fingerprint density at radius 2 is 2.18 bits per heavy atom. The number of hydrogen-bond donors (Lipinski definition) is 1. The Kier molecular flexibility index (Phi) is 6.27. The minimum atomic E-state index is -0.444. The molecule has 0 bridgehead atoms. The van der Waals surface area contributed by atoms with Crippen molar-refractivity contribution < 1.29 is 19.0 Å². The Morgan fingerprint density at radius 1 is 1.41 bits per heavy atom. The van der Waals surface area contributed by atoms with Crippen LogP contribution in [-0.4, -0.2) is 38.4 Å². The van der Waals surface area contributed by atoms with Crippen molar-refractivity contribution in [2.24, 2.45) is 0 Å². The van der Waals surface area contributed by atoms with E-state index in [1.807, 2.05) is 18.2 Å². The minimum Gasteiger partial charge on any atom is -0.486 e. The summed E-state index contributed by atoms with van der Waals surface area (Å²) in [6.07, 6.45) is 2.81. The molecule has 1 heterocycles. The number of amides is 1. The summed E-state index contributed by atoms with van der Waals surface area (Å²) in [6.45, 7) is 7.61. The normalized spacial score (nSPS) is 14.2. The molecule has 1 atom stereocenters. The van der Waals surface area contributed by atoms with Gasteiger partial charge >= 0.3 is 0 Å². The lowest BCUT2D eigenvalue weighted by atomic mass is 10.1. The van der Waals surface area contributed by atoms with E-state index in [0.717, 1.165) is 29.9 Å². The number of nitrogens with one attached hydrogen (secondary N) is 1. The zero-order chi connectivity index (χ0) is 15.8. The van der Waals surface area contributed by atoms with Gasteiger partial charge in [-0.05, 0) is 37.5 Å². The van der Waals surface area contributed by atoms with Crippen LogP contribution in [0.3, 0.4) is 0 Å². The molecule has 1 N–H and O–H groups in total. The van der Waals surface area contributed by atoms with Crippen molar-refractivity contribution in [3.8, 4) is 11.5 Å². The molecule has 1 aromatic rings. The molecule has 5 nitrogen and oxygen atoms in total. The number of benzene rings is 1. The summed E-state index contributed by atoms with van der Waals surface area (Å²) < 4.78 is 16.4. The Labute approximate surface area is 131 Å². The van der Waals surface area contributed by atoms with Crippen LogP contribution in [-0.2, 0) is 16.0 Å². The van der Waals surface area contributed by atoms with Crippen LogP contribution in [0.5, 0.6) is 11.5 Å². The van der Waals surface area contributed by atoms with E-state index in [9.17, 15) is 4.79 Å². The second-order valence-corrected chi connectivity index (χ2v) is 5.11. The van der Waals surface area contributed by atoms with Gasteiger partial charge in [-0.3, -0.25) is 4.79 Å². The van der Waals surface area contributed by atoms with Crippen molar-refractivity contribution >= 4 is 5.91 Å². The summed E-state index contributed by atoms with van der Waals surface area (Å²) >= 11 is 0. The summed E-state index contributed by atoms with van der Waals surface area (Å²) in [7, 11) is 0. The van der Waals surface area contributed by atoms with Crippen molar-refractivity contribution in [2.75, 3.05) is 26.4 Å². The maximum absolute atomic E-state index is 11.9. The zero-order valence-corrected chi connectivity index (χ0v) is 13.0. The average Bonchev–Trinajstić information content (AvgIpc) is 2.54. The first kappa shape index (κ1) is 16.4. The zero-order valence-electron chi connectivity index (χ0n) is 13.0. The lowest BCUT2D eigenvalue weighted by Gasteiger charge is -2.19. The molecule has 0 spiro atoms. The molecule has 0 radical (unpaired) electrons. The number of carbonyl (C=O) groups is 1. The van der Waals surface area contributed by atoms with Gasteiger partial charge in [0.15, 0.2) is 11.5 Å². The molecule has 2 rings (SSSR count). The molecular weight excluding hydrogens is 282 g/mol. The standard InChI is InChI=1S/C17H23NO4/c1-3-4-9-20-13(2)17(19)18-8-7-14-5-6-15-16(12-14)22-11-10-21-15/h3,5-6,12-13H,1,4,7-11H2,2H3,(H,18,19). The highest BCUT2D eigenvalue weighted by Gasteiger charge is 2.13. The van der Waals surface area contributed by atoms with Crippen LogP contribution in [0.25, 0.3) is 0 Å². The maximum Gasteiger partial charge on any atom is 0.248 e. The SMILES string of the molecule is C=CCCOC(C)C(=O)NCCc1ccc2c(c1)OCCO2. The van der Waals surface area contributed by atoms with Gasteiger partial charge in [-0.25, -0.2) is 0 Å². The topological polar surface area (TPSA) is 56.8 Å². The third-order valence-electron chi connectivity index (χ3n) is 3.38. The largest absolute Gasteiger partial charge is 0.486 e. The molecule has 5 heteroatoms. The Hall–Kier alpha value is -2.01. The van der Waals surface area contributed by atoms with Crippen LogP contribution in [0, 0.1) is 0 Å². The Bertz CT molecular complexity index is 515. The van der Waals surface area contributed by atoms with E-state index in [-0.39, 0.29) is 5.91 Å². The van der Waals surface area contributed by atoms with Gasteiger partial charge in [-0.1, -0.05) is 12.1 Å². The van der Waals surface area contributed by atoms with E-state index in [0.29, 0.717) is 26.4 Å². The predicted octanol–water partition coefficient (Wildman–Crippen LogP) is 2.10. The average molecular weight is 305 g/mol. The molecule has 1 aliphatic rings. The first-order valence-corrected chi connectivity index (χ1v) is 7.59. The number of carbonyl (C=O) groups excluding carboxylic acids is 1. The first-order valence-electron chi connectivity index (χ1n) is 7.59. The van der Waals surface area contributed by atoms with Crippen molar-refractivity contribution in [1.82, 2.24) is 5.32 Å². The molecule has 0 saturated carbocycles. The highest BCUT2D eigenvalue weighted by molar-refractivity contribution is 5.80. The first-order chi connectivity index (χ1) is 10.7. The molecule has 1 aliphatic heterocycles. The molecule has 0 aromatic heterocycles. The van der Waals surface area contributed by atoms with Crippen LogP contribution in [0.1, 0.15) is 18.9 Å². The van der Waals surface area contributed by atoms with Crippen molar-refractivity contribution in [3.05, 3.63) is 36.4 Å². The van der Waals surface area contributed by atoms with Gasteiger partial charge in [-0.2, -0.15) is 0 Å². The summed E-state index contributed by atoms with van der Waals surface area (Å²) in [6, 6.07) is 5.86. The van der Waals surface area contributed by atoms with E-state index in [1.165, 1.54) is 0 Å².